The fourth-order valence-corrected chi connectivity index (χ4v) is 7.40. The van der Waals surface area contributed by atoms with E-state index in [0.29, 0.717) is 36.5 Å². The van der Waals surface area contributed by atoms with Gasteiger partial charge < -0.3 is 4.74 Å². The Morgan fingerprint density at radius 3 is 2.66 bits per heavy atom. The van der Waals surface area contributed by atoms with Gasteiger partial charge in [-0.3, -0.25) is 14.4 Å². The van der Waals surface area contributed by atoms with Gasteiger partial charge in [0.1, 0.15) is 0 Å². The maximum absolute atomic E-state index is 13.0. The Labute approximate surface area is 174 Å². The molecule has 0 aromatic heterocycles. The summed E-state index contributed by atoms with van der Waals surface area (Å²) < 4.78 is 4.83. The first kappa shape index (κ1) is 20.6. The first-order valence-electron chi connectivity index (χ1n) is 11.2. The lowest BCUT2D eigenvalue weighted by Crippen LogP contribution is -2.50. The third kappa shape index (κ3) is 3.14. The molecule has 0 N–H and O–H groups in total. The van der Waals surface area contributed by atoms with Gasteiger partial charge in [0.15, 0.2) is 11.6 Å². The first-order chi connectivity index (χ1) is 13.7. The van der Waals surface area contributed by atoms with Gasteiger partial charge in [-0.1, -0.05) is 32.4 Å². The van der Waals surface area contributed by atoms with Crippen molar-refractivity contribution in [2.45, 2.75) is 65.7 Å². The smallest absolute Gasteiger partial charge is 0.305 e. The summed E-state index contributed by atoms with van der Waals surface area (Å²) in [5, 5.41) is 0. The van der Waals surface area contributed by atoms with Crippen molar-refractivity contribution in [3.8, 4) is 0 Å². The summed E-state index contributed by atoms with van der Waals surface area (Å²) in [6, 6.07) is 0. The maximum atomic E-state index is 13.0. The van der Waals surface area contributed by atoms with E-state index in [1.807, 2.05) is 12.2 Å². The first-order valence-corrected chi connectivity index (χ1v) is 11.2. The molecule has 4 nitrogen and oxygen atoms in total. The molecule has 4 heteroatoms. The number of rotatable bonds is 4. The van der Waals surface area contributed by atoms with Gasteiger partial charge in [0.25, 0.3) is 0 Å². The number of fused-ring (bicyclic) bond motifs is 5. The van der Waals surface area contributed by atoms with Crippen LogP contribution in [0.5, 0.6) is 0 Å². The van der Waals surface area contributed by atoms with Gasteiger partial charge >= 0.3 is 5.97 Å². The van der Waals surface area contributed by atoms with Crippen molar-refractivity contribution in [3.05, 3.63) is 23.8 Å². The van der Waals surface area contributed by atoms with Crippen molar-refractivity contribution in [1.29, 1.82) is 0 Å². The largest absolute Gasteiger partial charge is 0.469 e. The molecule has 0 amide bonds. The molecule has 0 aliphatic heterocycles. The van der Waals surface area contributed by atoms with Crippen molar-refractivity contribution in [3.63, 3.8) is 0 Å². The van der Waals surface area contributed by atoms with E-state index in [1.54, 1.807) is 6.08 Å². The minimum absolute atomic E-state index is 0.0821. The number of ketones is 2. The number of carbonyl (C=O) groups is 3. The summed E-state index contributed by atoms with van der Waals surface area (Å²) in [4.78, 5) is 36.6. The number of hydrogen-bond acceptors (Lipinski definition) is 4. The average Bonchev–Trinajstić information content (AvgIpc) is 3.05. The average molecular weight is 399 g/mol. The minimum Gasteiger partial charge on any atom is -0.469 e. The number of esters is 1. The van der Waals surface area contributed by atoms with Crippen molar-refractivity contribution in [1.82, 2.24) is 0 Å². The Kier molecular flexibility index (Phi) is 5.11. The lowest BCUT2D eigenvalue weighted by molar-refractivity contribution is -0.141. The molecule has 0 bridgehead atoms. The molecule has 0 spiro atoms. The highest BCUT2D eigenvalue weighted by atomic mass is 16.5. The fourth-order valence-electron chi connectivity index (χ4n) is 7.40. The van der Waals surface area contributed by atoms with E-state index in [4.69, 9.17) is 4.74 Å². The SMILES string of the molecule is COC(=O)CC[C@@H](C)[C@H]1CC[C@H]2C3=CC(=O)[C@@H]4CC(=O)C=C[C@]4(C)[C@H]3CC[C@]12C. The zero-order valence-corrected chi connectivity index (χ0v) is 18.2. The van der Waals surface area contributed by atoms with Crippen molar-refractivity contribution >= 4 is 17.5 Å². The zero-order valence-electron chi connectivity index (χ0n) is 18.2. The second-order valence-electron chi connectivity index (χ2n) is 10.4. The van der Waals surface area contributed by atoms with E-state index in [0.717, 1.165) is 32.1 Å². The summed E-state index contributed by atoms with van der Waals surface area (Å²) in [5.74, 6) is 1.78. The van der Waals surface area contributed by atoms with Crippen LogP contribution in [0.25, 0.3) is 0 Å². The molecular formula is C25H34O4. The molecule has 4 rings (SSSR count). The van der Waals surface area contributed by atoms with Gasteiger partial charge in [0.2, 0.25) is 0 Å². The van der Waals surface area contributed by atoms with E-state index < -0.39 is 0 Å². The molecule has 4 aliphatic rings. The second-order valence-corrected chi connectivity index (χ2v) is 10.4. The normalized spacial score (nSPS) is 41.9. The Morgan fingerprint density at radius 1 is 1.17 bits per heavy atom. The van der Waals surface area contributed by atoms with Crippen LogP contribution in [0.2, 0.25) is 0 Å². The molecule has 2 fully saturated rings. The molecule has 2 saturated carbocycles. The highest BCUT2D eigenvalue weighted by Gasteiger charge is 2.59. The fraction of sp³-hybridized carbons (Fsp3) is 0.720. The van der Waals surface area contributed by atoms with Crippen LogP contribution in [0.4, 0.5) is 0 Å². The van der Waals surface area contributed by atoms with Gasteiger partial charge in [0, 0.05) is 24.2 Å². The van der Waals surface area contributed by atoms with Crippen LogP contribution >= 0.6 is 0 Å². The van der Waals surface area contributed by atoms with Crippen molar-refractivity contribution in [2.24, 2.45) is 40.4 Å². The van der Waals surface area contributed by atoms with E-state index in [-0.39, 0.29) is 34.3 Å². The number of ether oxygens (including phenoxy) is 1. The maximum Gasteiger partial charge on any atom is 0.305 e. The molecule has 0 heterocycles. The summed E-state index contributed by atoms with van der Waals surface area (Å²) in [7, 11) is 1.45. The Balaban J connectivity index is 1.59. The topological polar surface area (TPSA) is 60.4 Å². The lowest BCUT2D eigenvalue weighted by atomic mass is 9.48. The molecule has 0 radical (unpaired) electrons. The van der Waals surface area contributed by atoms with Crippen LogP contribution in [0.1, 0.15) is 65.7 Å². The van der Waals surface area contributed by atoms with E-state index >= 15 is 0 Å². The Bertz CT molecular complexity index is 793. The van der Waals surface area contributed by atoms with Crippen LogP contribution in [0.15, 0.2) is 23.8 Å². The highest BCUT2D eigenvalue weighted by Crippen LogP contribution is 2.65. The highest BCUT2D eigenvalue weighted by molar-refractivity contribution is 6.01. The van der Waals surface area contributed by atoms with Crippen LogP contribution in [0.3, 0.4) is 0 Å². The minimum atomic E-state index is -0.217. The summed E-state index contributed by atoms with van der Waals surface area (Å²) >= 11 is 0. The lowest BCUT2D eigenvalue weighted by Gasteiger charge is -2.55. The second kappa shape index (κ2) is 7.21. The number of carbonyl (C=O) groups excluding carboxylic acids is 3. The van der Waals surface area contributed by atoms with Crippen molar-refractivity contribution < 1.29 is 19.1 Å². The van der Waals surface area contributed by atoms with E-state index in [9.17, 15) is 14.4 Å². The summed E-state index contributed by atoms with van der Waals surface area (Å²) in [6.07, 6.45) is 11.9. The molecule has 158 valence electrons. The van der Waals surface area contributed by atoms with Crippen LogP contribution in [-0.2, 0) is 19.1 Å². The molecule has 29 heavy (non-hydrogen) atoms. The monoisotopic (exact) mass is 398 g/mol. The summed E-state index contributed by atoms with van der Waals surface area (Å²) in [5.41, 5.74) is 1.32. The van der Waals surface area contributed by atoms with E-state index in [2.05, 4.69) is 20.8 Å². The number of hydrogen-bond donors (Lipinski definition) is 0. The third-order valence-corrected chi connectivity index (χ3v) is 9.09. The molecule has 0 saturated heterocycles. The van der Waals surface area contributed by atoms with Gasteiger partial charge in [-0.2, -0.15) is 0 Å². The number of methoxy groups -OCH3 is 1. The molecule has 0 aromatic carbocycles. The van der Waals surface area contributed by atoms with E-state index in [1.165, 1.54) is 12.7 Å². The molecule has 4 aliphatic carbocycles. The van der Waals surface area contributed by atoms with Gasteiger partial charge in [-0.25, -0.2) is 0 Å². The van der Waals surface area contributed by atoms with Crippen LogP contribution < -0.4 is 0 Å². The standard InChI is InChI=1S/C25H34O4/c1-15(5-8-23(28)29-4)18-6-7-19-17-14-22(27)21-13-16(26)9-11-25(21,3)20(17)10-12-24(18,19)2/h9,11,14-15,18-21H,5-8,10,12-13H2,1-4H3/t15-,18-,19+,20+,21+,24-,25-/m1/s1. The quantitative estimate of drug-likeness (QED) is 0.645. The Hall–Kier alpha value is -1.71. The zero-order chi connectivity index (χ0) is 21.0. The van der Waals surface area contributed by atoms with Crippen LogP contribution in [-0.4, -0.2) is 24.6 Å². The van der Waals surface area contributed by atoms with Gasteiger partial charge in [-0.05, 0) is 73.3 Å². The molecule has 0 aromatic rings. The predicted octanol–water partition coefficient (Wildman–Crippen LogP) is 4.68. The predicted molar refractivity (Wildman–Crippen MR) is 111 cm³/mol. The molecule has 7 atom stereocenters. The van der Waals surface area contributed by atoms with Crippen molar-refractivity contribution in [2.75, 3.05) is 7.11 Å². The van der Waals surface area contributed by atoms with Gasteiger partial charge in [-0.15, -0.1) is 0 Å². The van der Waals surface area contributed by atoms with Crippen LogP contribution in [0, 0.1) is 40.4 Å². The van der Waals surface area contributed by atoms with Gasteiger partial charge in [0.05, 0.1) is 7.11 Å². The Morgan fingerprint density at radius 2 is 1.93 bits per heavy atom. The number of allylic oxidation sites excluding steroid dienone is 4. The molecular weight excluding hydrogens is 364 g/mol. The molecule has 0 unspecified atom stereocenters. The third-order valence-electron chi connectivity index (χ3n) is 9.09. The summed E-state index contributed by atoms with van der Waals surface area (Å²) in [6.45, 7) is 6.89.